The van der Waals surface area contributed by atoms with Crippen molar-refractivity contribution in [3.63, 3.8) is 0 Å². The number of rotatable bonds is 4. The predicted molar refractivity (Wildman–Crippen MR) is 90.8 cm³/mol. The number of pyridine rings is 1. The number of aromatic nitrogens is 1. The zero-order valence-electron chi connectivity index (χ0n) is 14.5. The maximum atomic E-state index is 12.9. The summed E-state index contributed by atoms with van der Waals surface area (Å²) in [5, 5.41) is 3.12. The van der Waals surface area contributed by atoms with Gasteiger partial charge in [-0.05, 0) is 13.0 Å². The Labute approximate surface area is 142 Å². The Kier molecular flexibility index (Phi) is 5.33. The van der Waals surface area contributed by atoms with Gasteiger partial charge in [0.1, 0.15) is 5.82 Å². The Morgan fingerprint density at radius 2 is 2.12 bits per heavy atom. The van der Waals surface area contributed by atoms with Crippen molar-refractivity contribution in [1.82, 2.24) is 14.8 Å². The van der Waals surface area contributed by atoms with Gasteiger partial charge in [-0.15, -0.1) is 0 Å². The summed E-state index contributed by atoms with van der Waals surface area (Å²) in [5.74, 6) is 0.945. The molecule has 0 unspecified atom stereocenters. The second-order valence-electron chi connectivity index (χ2n) is 6.46. The van der Waals surface area contributed by atoms with Crippen LogP contribution in [0.15, 0.2) is 18.3 Å². The first kappa shape index (κ1) is 17.1. The first-order valence-electron chi connectivity index (χ1n) is 8.47. The van der Waals surface area contributed by atoms with Crippen molar-refractivity contribution in [1.29, 1.82) is 0 Å². The van der Waals surface area contributed by atoms with Gasteiger partial charge in [0.05, 0.1) is 19.8 Å². The topological polar surface area (TPSA) is 66.9 Å². The van der Waals surface area contributed by atoms with Crippen molar-refractivity contribution in [3.05, 3.63) is 23.9 Å². The van der Waals surface area contributed by atoms with Gasteiger partial charge in [-0.2, -0.15) is 0 Å². The molecule has 7 heteroatoms. The van der Waals surface area contributed by atoms with E-state index < -0.39 is 5.60 Å². The maximum absolute atomic E-state index is 12.9. The van der Waals surface area contributed by atoms with E-state index in [0.29, 0.717) is 39.5 Å². The van der Waals surface area contributed by atoms with E-state index in [1.54, 1.807) is 6.20 Å². The molecule has 3 rings (SSSR count). The van der Waals surface area contributed by atoms with Crippen LogP contribution in [0.5, 0.6) is 0 Å². The SMILES string of the molecule is CNc1ncccc1CN1CCO[C@@](C)(C(=O)N2CCOCC2)C1. The Hall–Kier alpha value is -1.70. The molecule has 2 aliphatic rings. The van der Waals surface area contributed by atoms with Crippen LogP contribution in [0.3, 0.4) is 0 Å². The minimum atomic E-state index is -0.794. The molecule has 1 aromatic rings. The average molecular weight is 334 g/mol. The number of hydrogen-bond acceptors (Lipinski definition) is 6. The lowest BCUT2D eigenvalue weighted by Gasteiger charge is -2.42. The number of amides is 1. The lowest BCUT2D eigenvalue weighted by Crippen LogP contribution is -2.60. The van der Waals surface area contributed by atoms with Crippen LogP contribution in [0.1, 0.15) is 12.5 Å². The van der Waals surface area contributed by atoms with Crippen LogP contribution >= 0.6 is 0 Å². The minimum Gasteiger partial charge on any atom is -0.378 e. The Bertz CT molecular complexity index is 577. The highest BCUT2D eigenvalue weighted by Crippen LogP contribution is 2.24. The molecule has 1 atom stereocenters. The molecule has 7 nitrogen and oxygen atoms in total. The molecule has 0 spiro atoms. The van der Waals surface area contributed by atoms with E-state index in [2.05, 4.69) is 21.3 Å². The molecule has 1 aromatic heterocycles. The van der Waals surface area contributed by atoms with Gasteiger partial charge in [0, 0.05) is 51.5 Å². The molecular formula is C17H26N4O3. The largest absolute Gasteiger partial charge is 0.378 e. The van der Waals surface area contributed by atoms with Crippen LogP contribution in [0.2, 0.25) is 0 Å². The monoisotopic (exact) mass is 334 g/mol. The summed E-state index contributed by atoms with van der Waals surface area (Å²) in [5.41, 5.74) is 0.334. The number of carbonyl (C=O) groups is 1. The number of carbonyl (C=O) groups excluding carboxylic acids is 1. The molecule has 0 aromatic carbocycles. The lowest BCUT2D eigenvalue weighted by atomic mass is 10.0. The smallest absolute Gasteiger partial charge is 0.256 e. The number of nitrogens with zero attached hydrogens (tertiary/aromatic N) is 3. The van der Waals surface area contributed by atoms with Crippen molar-refractivity contribution in [2.45, 2.75) is 19.1 Å². The quantitative estimate of drug-likeness (QED) is 0.868. The third kappa shape index (κ3) is 3.68. The average Bonchev–Trinajstić information content (AvgIpc) is 2.62. The van der Waals surface area contributed by atoms with E-state index in [0.717, 1.165) is 24.5 Å². The normalized spacial score (nSPS) is 25.5. The second kappa shape index (κ2) is 7.46. The zero-order valence-corrected chi connectivity index (χ0v) is 14.5. The predicted octanol–water partition coefficient (Wildman–Crippen LogP) is 0.573. The Morgan fingerprint density at radius 1 is 1.33 bits per heavy atom. The number of hydrogen-bond donors (Lipinski definition) is 1. The standard InChI is InChI=1S/C17H26N4O3/c1-17(16(22)21-7-9-23-10-8-21)13-20(6-11-24-17)12-14-4-3-5-19-15(14)18-2/h3-5H,6-13H2,1-2H3,(H,18,19)/t17-/m1/s1. The van der Waals surface area contributed by atoms with Crippen molar-refractivity contribution >= 4 is 11.7 Å². The van der Waals surface area contributed by atoms with E-state index in [9.17, 15) is 4.79 Å². The van der Waals surface area contributed by atoms with E-state index in [-0.39, 0.29) is 5.91 Å². The van der Waals surface area contributed by atoms with Gasteiger partial charge in [-0.25, -0.2) is 4.98 Å². The van der Waals surface area contributed by atoms with Crippen molar-refractivity contribution < 1.29 is 14.3 Å². The van der Waals surface area contributed by atoms with Gasteiger partial charge in [0.15, 0.2) is 5.60 Å². The first-order valence-corrected chi connectivity index (χ1v) is 8.47. The minimum absolute atomic E-state index is 0.0653. The fraction of sp³-hybridized carbons (Fsp3) is 0.647. The molecular weight excluding hydrogens is 308 g/mol. The van der Waals surface area contributed by atoms with Gasteiger partial charge >= 0.3 is 0 Å². The summed E-state index contributed by atoms with van der Waals surface area (Å²) in [6.45, 7) is 7.10. The molecule has 2 aliphatic heterocycles. The summed E-state index contributed by atoms with van der Waals surface area (Å²) in [6.07, 6.45) is 1.78. The first-order chi connectivity index (χ1) is 11.6. The molecule has 1 amide bonds. The number of ether oxygens (including phenoxy) is 2. The van der Waals surface area contributed by atoms with Crippen molar-refractivity contribution in [2.75, 3.05) is 58.4 Å². The van der Waals surface area contributed by atoms with Gasteiger partial charge in [0.25, 0.3) is 5.91 Å². The van der Waals surface area contributed by atoms with E-state index in [1.807, 2.05) is 24.9 Å². The van der Waals surface area contributed by atoms with E-state index in [4.69, 9.17) is 9.47 Å². The van der Waals surface area contributed by atoms with Gasteiger partial charge in [-0.3, -0.25) is 9.69 Å². The summed E-state index contributed by atoms with van der Waals surface area (Å²) < 4.78 is 11.2. The van der Waals surface area contributed by atoms with Crippen LogP contribution in [0.4, 0.5) is 5.82 Å². The van der Waals surface area contributed by atoms with Gasteiger partial charge in [0.2, 0.25) is 0 Å². The van der Waals surface area contributed by atoms with Crippen LogP contribution in [-0.2, 0) is 20.8 Å². The zero-order chi connectivity index (χ0) is 17.0. The maximum Gasteiger partial charge on any atom is 0.256 e. The Morgan fingerprint density at radius 3 is 2.88 bits per heavy atom. The summed E-state index contributed by atoms with van der Waals surface area (Å²) >= 11 is 0. The number of anilines is 1. The number of nitrogens with one attached hydrogen (secondary N) is 1. The fourth-order valence-electron chi connectivity index (χ4n) is 3.35. The second-order valence-corrected chi connectivity index (χ2v) is 6.46. The molecule has 0 aliphatic carbocycles. The lowest BCUT2D eigenvalue weighted by molar-refractivity contribution is -0.171. The molecule has 0 bridgehead atoms. The van der Waals surface area contributed by atoms with Crippen LogP contribution in [0.25, 0.3) is 0 Å². The highest BCUT2D eigenvalue weighted by atomic mass is 16.5. The van der Waals surface area contributed by atoms with Gasteiger partial charge in [-0.1, -0.05) is 6.07 Å². The molecule has 2 fully saturated rings. The van der Waals surface area contributed by atoms with Gasteiger partial charge < -0.3 is 19.7 Å². The van der Waals surface area contributed by atoms with Crippen molar-refractivity contribution in [3.8, 4) is 0 Å². The van der Waals surface area contributed by atoms with E-state index in [1.165, 1.54) is 0 Å². The summed E-state index contributed by atoms with van der Waals surface area (Å²) in [6, 6.07) is 4.00. The highest BCUT2D eigenvalue weighted by molar-refractivity contribution is 5.85. The molecule has 1 N–H and O–H groups in total. The Balaban J connectivity index is 1.67. The fourth-order valence-corrected chi connectivity index (χ4v) is 3.35. The third-order valence-corrected chi connectivity index (χ3v) is 4.63. The molecule has 3 heterocycles. The van der Waals surface area contributed by atoms with Crippen LogP contribution in [0, 0.1) is 0 Å². The van der Waals surface area contributed by atoms with Crippen LogP contribution in [-0.4, -0.2) is 79.3 Å². The molecule has 0 radical (unpaired) electrons. The number of morpholine rings is 2. The molecule has 132 valence electrons. The van der Waals surface area contributed by atoms with E-state index >= 15 is 0 Å². The highest BCUT2D eigenvalue weighted by Gasteiger charge is 2.42. The van der Waals surface area contributed by atoms with Crippen molar-refractivity contribution in [2.24, 2.45) is 0 Å². The van der Waals surface area contributed by atoms with Crippen LogP contribution < -0.4 is 5.32 Å². The third-order valence-electron chi connectivity index (χ3n) is 4.63. The molecule has 24 heavy (non-hydrogen) atoms. The summed E-state index contributed by atoms with van der Waals surface area (Å²) in [4.78, 5) is 21.4. The molecule has 2 saturated heterocycles. The summed E-state index contributed by atoms with van der Waals surface area (Å²) in [7, 11) is 1.87. The molecule has 0 saturated carbocycles.